The molecule has 0 spiro atoms. The summed E-state index contributed by atoms with van der Waals surface area (Å²) in [4.78, 5) is 31.6. The Morgan fingerprint density at radius 1 is 1.31 bits per heavy atom. The summed E-state index contributed by atoms with van der Waals surface area (Å²) in [6.07, 6.45) is 5.28. The smallest absolute Gasteiger partial charge is 0.261 e. The van der Waals surface area contributed by atoms with E-state index in [-0.39, 0.29) is 12.1 Å². The standard InChI is InChI=1S/C19H16N4O3/c1-12-6-7-23-11-13(21-17(23)9-12)10-20-18(24)14-4-5-15(22-19(14)25)16-3-2-8-26-16/h2-9,11H,10H2,1H3,(H,20,24)(H,22,25). The number of aryl methyl sites for hydroxylation is 1. The zero-order valence-electron chi connectivity index (χ0n) is 14.0. The summed E-state index contributed by atoms with van der Waals surface area (Å²) < 4.78 is 7.12. The molecule has 0 fully saturated rings. The Balaban J connectivity index is 1.50. The van der Waals surface area contributed by atoms with E-state index in [9.17, 15) is 9.59 Å². The van der Waals surface area contributed by atoms with Crippen LogP contribution >= 0.6 is 0 Å². The minimum Gasteiger partial charge on any atom is -0.463 e. The molecular formula is C19H16N4O3. The van der Waals surface area contributed by atoms with Crippen molar-refractivity contribution in [2.45, 2.75) is 13.5 Å². The Kier molecular flexibility index (Phi) is 3.89. The molecular weight excluding hydrogens is 332 g/mol. The first-order valence-corrected chi connectivity index (χ1v) is 8.10. The van der Waals surface area contributed by atoms with Gasteiger partial charge in [-0.2, -0.15) is 0 Å². The average Bonchev–Trinajstić information content (AvgIpc) is 3.28. The molecule has 0 aliphatic carbocycles. The fraction of sp³-hybridized carbons (Fsp3) is 0.105. The Morgan fingerprint density at radius 3 is 2.96 bits per heavy atom. The summed E-state index contributed by atoms with van der Waals surface area (Å²) in [5.74, 6) is 0.0829. The number of pyridine rings is 2. The van der Waals surface area contributed by atoms with Gasteiger partial charge in [-0.1, -0.05) is 0 Å². The number of aromatic nitrogens is 3. The van der Waals surface area contributed by atoms with Gasteiger partial charge in [-0.05, 0) is 48.9 Å². The lowest BCUT2D eigenvalue weighted by Gasteiger charge is -2.03. The number of furan rings is 1. The van der Waals surface area contributed by atoms with Crippen LogP contribution in [-0.2, 0) is 6.54 Å². The normalized spacial score (nSPS) is 11.0. The highest BCUT2D eigenvalue weighted by molar-refractivity contribution is 5.93. The molecule has 4 aromatic rings. The first-order chi connectivity index (χ1) is 12.6. The van der Waals surface area contributed by atoms with Crippen LogP contribution in [0, 0.1) is 6.92 Å². The lowest BCUT2D eigenvalue weighted by molar-refractivity contribution is 0.0949. The molecule has 0 bridgehead atoms. The van der Waals surface area contributed by atoms with Crippen LogP contribution in [-0.4, -0.2) is 20.3 Å². The molecule has 7 heteroatoms. The molecule has 26 heavy (non-hydrogen) atoms. The quantitative estimate of drug-likeness (QED) is 0.593. The Bertz CT molecular complexity index is 1140. The van der Waals surface area contributed by atoms with Gasteiger partial charge in [0.05, 0.1) is 24.2 Å². The minimum absolute atomic E-state index is 0.0416. The van der Waals surface area contributed by atoms with Gasteiger partial charge >= 0.3 is 0 Å². The summed E-state index contributed by atoms with van der Waals surface area (Å²) in [6, 6.07) is 10.5. The second-order valence-electron chi connectivity index (χ2n) is 5.98. The van der Waals surface area contributed by atoms with Crippen molar-refractivity contribution in [3.05, 3.63) is 82.2 Å². The SMILES string of the molecule is Cc1ccn2cc(CNC(=O)c3ccc(-c4ccco4)[nH]c3=O)nc2c1. The third-order valence-corrected chi connectivity index (χ3v) is 4.04. The Labute approximate surface area is 148 Å². The molecule has 0 aromatic carbocycles. The molecule has 2 N–H and O–H groups in total. The second-order valence-corrected chi connectivity index (χ2v) is 5.98. The molecule has 0 saturated heterocycles. The molecule has 0 saturated carbocycles. The van der Waals surface area contributed by atoms with E-state index in [1.54, 1.807) is 18.2 Å². The van der Waals surface area contributed by atoms with Crippen molar-refractivity contribution in [1.29, 1.82) is 0 Å². The van der Waals surface area contributed by atoms with Crippen LogP contribution in [0.5, 0.6) is 0 Å². The summed E-state index contributed by atoms with van der Waals surface area (Å²) in [5.41, 5.74) is 2.73. The fourth-order valence-corrected chi connectivity index (χ4v) is 2.72. The molecule has 4 rings (SSSR count). The van der Waals surface area contributed by atoms with Crippen LogP contribution < -0.4 is 10.9 Å². The number of nitrogens with one attached hydrogen (secondary N) is 2. The number of carbonyl (C=O) groups is 1. The van der Waals surface area contributed by atoms with Crippen molar-refractivity contribution >= 4 is 11.6 Å². The highest BCUT2D eigenvalue weighted by Crippen LogP contribution is 2.15. The summed E-state index contributed by atoms with van der Waals surface area (Å²) in [7, 11) is 0. The largest absolute Gasteiger partial charge is 0.463 e. The van der Waals surface area contributed by atoms with Crippen molar-refractivity contribution in [2.24, 2.45) is 0 Å². The minimum atomic E-state index is -0.470. The van der Waals surface area contributed by atoms with Crippen molar-refractivity contribution in [1.82, 2.24) is 19.7 Å². The number of hydrogen-bond donors (Lipinski definition) is 2. The molecule has 0 unspecified atom stereocenters. The van der Waals surface area contributed by atoms with Gasteiger partial charge in [-0.3, -0.25) is 9.59 Å². The van der Waals surface area contributed by atoms with E-state index < -0.39 is 11.5 Å². The van der Waals surface area contributed by atoms with Crippen LogP contribution in [0.25, 0.3) is 17.1 Å². The highest BCUT2D eigenvalue weighted by atomic mass is 16.3. The molecule has 7 nitrogen and oxygen atoms in total. The van der Waals surface area contributed by atoms with Gasteiger partial charge in [0.15, 0.2) is 0 Å². The number of fused-ring (bicyclic) bond motifs is 1. The predicted octanol–water partition coefficient (Wildman–Crippen LogP) is 2.52. The van der Waals surface area contributed by atoms with E-state index in [1.807, 2.05) is 35.9 Å². The number of H-pyrrole nitrogens is 1. The van der Waals surface area contributed by atoms with Crippen molar-refractivity contribution < 1.29 is 9.21 Å². The molecule has 4 aromatic heterocycles. The summed E-state index contributed by atoms with van der Waals surface area (Å²) in [6.45, 7) is 2.23. The van der Waals surface area contributed by atoms with E-state index in [0.717, 1.165) is 11.2 Å². The third-order valence-electron chi connectivity index (χ3n) is 4.04. The average molecular weight is 348 g/mol. The number of hydrogen-bond acceptors (Lipinski definition) is 4. The van der Waals surface area contributed by atoms with Gasteiger partial charge in [0.1, 0.15) is 17.0 Å². The lowest BCUT2D eigenvalue weighted by Crippen LogP contribution is -2.29. The van der Waals surface area contributed by atoms with Crippen molar-refractivity contribution in [3.8, 4) is 11.5 Å². The number of nitrogens with zero attached hydrogens (tertiary/aromatic N) is 2. The van der Waals surface area contributed by atoms with Crippen LogP contribution in [0.3, 0.4) is 0 Å². The first-order valence-electron chi connectivity index (χ1n) is 8.10. The highest BCUT2D eigenvalue weighted by Gasteiger charge is 2.13. The summed E-state index contributed by atoms with van der Waals surface area (Å²) >= 11 is 0. The first kappa shape index (κ1) is 15.9. The summed E-state index contributed by atoms with van der Waals surface area (Å²) in [5, 5.41) is 2.73. The molecule has 130 valence electrons. The molecule has 0 aliphatic heterocycles. The van der Waals surface area contributed by atoms with E-state index >= 15 is 0 Å². The number of amides is 1. The molecule has 1 amide bonds. The molecule has 0 aliphatic rings. The zero-order chi connectivity index (χ0) is 18.1. The van der Waals surface area contributed by atoms with Crippen LogP contribution in [0.2, 0.25) is 0 Å². The zero-order valence-corrected chi connectivity index (χ0v) is 14.0. The third kappa shape index (κ3) is 3.02. The number of rotatable bonds is 4. The van der Waals surface area contributed by atoms with E-state index in [0.29, 0.717) is 17.1 Å². The lowest BCUT2D eigenvalue weighted by atomic mass is 10.2. The fourth-order valence-electron chi connectivity index (χ4n) is 2.72. The van der Waals surface area contributed by atoms with Gasteiger partial charge in [-0.25, -0.2) is 4.98 Å². The maximum absolute atomic E-state index is 12.3. The van der Waals surface area contributed by atoms with Gasteiger partial charge < -0.3 is 19.1 Å². The number of imidazole rings is 1. The van der Waals surface area contributed by atoms with Gasteiger partial charge in [0.2, 0.25) is 0 Å². The van der Waals surface area contributed by atoms with Gasteiger partial charge in [-0.15, -0.1) is 0 Å². The molecule has 4 heterocycles. The maximum Gasteiger partial charge on any atom is 0.261 e. The van der Waals surface area contributed by atoms with Crippen molar-refractivity contribution in [2.75, 3.05) is 0 Å². The van der Waals surface area contributed by atoms with Crippen molar-refractivity contribution in [3.63, 3.8) is 0 Å². The Hall–Kier alpha value is -3.61. The number of aromatic amines is 1. The monoisotopic (exact) mass is 348 g/mol. The number of carbonyl (C=O) groups excluding carboxylic acids is 1. The van der Waals surface area contributed by atoms with Gasteiger partial charge in [0, 0.05) is 12.4 Å². The van der Waals surface area contributed by atoms with Crippen LogP contribution in [0.15, 0.2) is 64.3 Å². The van der Waals surface area contributed by atoms with Crippen LogP contribution in [0.4, 0.5) is 0 Å². The Morgan fingerprint density at radius 2 is 2.19 bits per heavy atom. The van der Waals surface area contributed by atoms with Gasteiger partial charge in [0.25, 0.3) is 11.5 Å². The topological polar surface area (TPSA) is 92.4 Å². The predicted molar refractivity (Wildman–Crippen MR) is 95.9 cm³/mol. The maximum atomic E-state index is 12.3. The second kappa shape index (κ2) is 6.36. The molecule has 0 radical (unpaired) electrons. The molecule has 0 atom stereocenters. The van der Waals surface area contributed by atoms with Crippen LogP contribution in [0.1, 0.15) is 21.6 Å². The van der Waals surface area contributed by atoms with E-state index in [4.69, 9.17) is 4.42 Å². The van der Waals surface area contributed by atoms with E-state index in [1.165, 1.54) is 12.3 Å². The van der Waals surface area contributed by atoms with E-state index in [2.05, 4.69) is 15.3 Å².